The van der Waals surface area contributed by atoms with Crippen LogP contribution >= 0.6 is 0 Å². The topological polar surface area (TPSA) is 29.5 Å². The van der Waals surface area contributed by atoms with E-state index in [1.165, 1.54) is 10.8 Å². The van der Waals surface area contributed by atoms with Gasteiger partial charge in [-0.3, -0.25) is 0 Å². The van der Waals surface area contributed by atoms with Gasteiger partial charge in [-0.1, -0.05) is 97.1 Å². The highest BCUT2D eigenvalue weighted by Crippen LogP contribution is 2.44. The van der Waals surface area contributed by atoms with Crippen molar-refractivity contribution in [1.29, 1.82) is 0 Å². The Morgan fingerprint density at radius 1 is 0.395 bits per heavy atom. The second-order valence-electron chi connectivity index (χ2n) is 10.9. The molecule has 0 saturated heterocycles. The maximum atomic E-state index is 6.50. The zero-order chi connectivity index (χ0) is 28.3. The smallest absolute Gasteiger partial charge is 0.137 e. The summed E-state index contributed by atoms with van der Waals surface area (Å²) in [5.74, 6) is 0. The van der Waals surface area contributed by atoms with Crippen LogP contribution < -0.4 is 4.90 Å². The van der Waals surface area contributed by atoms with Gasteiger partial charge in [0.1, 0.15) is 22.3 Å². The number of rotatable bonds is 4. The highest BCUT2D eigenvalue weighted by atomic mass is 16.3. The van der Waals surface area contributed by atoms with E-state index in [-0.39, 0.29) is 0 Å². The molecule has 202 valence electrons. The monoisotopic (exact) mass is 551 g/mol. The minimum absolute atomic E-state index is 0.857. The van der Waals surface area contributed by atoms with Crippen molar-refractivity contribution in [1.82, 2.24) is 0 Å². The zero-order valence-electron chi connectivity index (χ0n) is 23.2. The van der Waals surface area contributed by atoms with Gasteiger partial charge in [0.15, 0.2) is 0 Å². The number of hydrogen-bond donors (Lipinski definition) is 0. The van der Waals surface area contributed by atoms with E-state index in [0.29, 0.717) is 0 Å². The maximum absolute atomic E-state index is 6.50. The number of para-hydroxylation sites is 2. The lowest BCUT2D eigenvalue weighted by Crippen LogP contribution is -2.11. The Bertz CT molecular complexity index is 2470. The molecule has 3 nitrogen and oxygen atoms in total. The van der Waals surface area contributed by atoms with Gasteiger partial charge in [-0.25, -0.2) is 0 Å². The SMILES string of the molecule is c1ccc(-c2ccccc2N(c2ccc3c(c2)oc2ccccc23)c2ccc3c(c2)oc2ccc4ccccc4c23)cc1. The van der Waals surface area contributed by atoms with E-state index in [4.69, 9.17) is 8.83 Å². The first-order valence-corrected chi connectivity index (χ1v) is 14.5. The van der Waals surface area contributed by atoms with Gasteiger partial charge in [0.2, 0.25) is 0 Å². The predicted molar refractivity (Wildman–Crippen MR) is 179 cm³/mol. The van der Waals surface area contributed by atoms with Crippen molar-refractivity contribution < 1.29 is 8.83 Å². The molecule has 0 unspecified atom stereocenters. The van der Waals surface area contributed by atoms with E-state index in [1.807, 2.05) is 12.1 Å². The highest BCUT2D eigenvalue weighted by molar-refractivity contribution is 6.19. The maximum Gasteiger partial charge on any atom is 0.137 e. The van der Waals surface area contributed by atoms with E-state index in [2.05, 4.69) is 144 Å². The van der Waals surface area contributed by atoms with Gasteiger partial charge in [0.25, 0.3) is 0 Å². The van der Waals surface area contributed by atoms with Crippen LogP contribution in [0.15, 0.2) is 160 Å². The summed E-state index contributed by atoms with van der Waals surface area (Å²) in [7, 11) is 0. The number of furan rings is 2. The molecule has 0 fully saturated rings. The van der Waals surface area contributed by atoms with Gasteiger partial charge >= 0.3 is 0 Å². The van der Waals surface area contributed by atoms with Crippen LogP contribution in [0.25, 0.3) is 65.8 Å². The largest absolute Gasteiger partial charge is 0.456 e. The van der Waals surface area contributed by atoms with Crippen LogP contribution in [0.3, 0.4) is 0 Å². The van der Waals surface area contributed by atoms with Crippen molar-refractivity contribution >= 4 is 71.7 Å². The second-order valence-corrected chi connectivity index (χ2v) is 10.9. The molecule has 7 aromatic carbocycles. The average Bonchev–Trinajstić information content (AvgIpc) is 3.63. The van der Waals surface area contributed by atoms with Crippen LogP contribution in [0.1, 0.15) is 0 Å². The molecule has 2 heterocycles. The lowest BCUT2D eigenvalue weighted by Gasteiger charge is -2.27. The molecular weight excluding hydrogens is 526 g/mol. The first-order chi connectivity index (χ1) is 21.3. The molecular formula is C40H25NO2. The minimum atomic E-state index is 0.857. The lowest BCUT2D eigenvalue weighted by molar-refractivity contribution is 0.669. The van der Waals surface area contributed by atoms with Crippen molar-refractivity contribution in [3.63, 3.8) is 0 Å². The third-order valence-electron chi connectivity index (χ3n) is 8.45. The molecule has 0 bridgehead atoms. The first-order valence-electron chi connectivity index (χ1n) is 14.5. The molecule has 0 saturated carbocycles. The summed E-state index contributed by atoms with van der Waals surface area (Å²) >= 11 is 0. The van der Waals surface area contributed by atoms with Gasteiger partial charge in [0.05, 0.1) is 5.69 Å². The standard InChI is InChI=1S/C40H25NO2/c1-2-10-26(11-3-1)30-13-6-8-16-35(30)41(28-19-21-33-32-15-7-9-17-36(32)42-38(33)24-28)29-20-22-34-39(25-29)43-37-23-18-27-12-4-5-14-31(27)40(34)37/h1-25H. The van der Waals surface area contributed by atoms with Gasteiger partial charge in [0, 0.05) is 50.6 Å². The normalized spacial score (nSPS) is 11.7. The summed E-state index contributed by atoms with van der Waals surface area (Å²) in [5, 5.41) is 6.90. The highest BCUT2D eigenvalue weighted by Gasteiger charge is 2.20. The molecule has 0 aliphatic carbocycles. The quantitative estimate of drug-likeness (QED) is 0.218. The first kappa shape index (κ1) is 23.9. The fourth-order valence-corrected chi connectivity index (χ4v) is 6.49. The molecule has 2 aromatic heterocycles. The molecule has 0 aliphatic heterocycles. The summed E-state index contributed by atoms with van der Waals surface area (Å²) in [4.78, 5) is 2.31. The van der Waals surface area contributed by atoms with Crippen molar-refractivity contribution in [2.45, 2.75) is 0 Å². The number of anilines is 3. The van der Waals surface area contributed by atoms with E-state index >= 15 is 0 Å². The molecule has 0 aliphatic rings. The Labute approximate surface area is 247 Å². The Morgan fingerprint density at radius 3 is 1.88 bits per heavy atom. The van der Waals surface area contributed by atoms with E-state index in [1.54, 1.807) is 0 Å². The van der Waals surface area contributed by atoms with Crippen molar-refractivity contribution in [2.75, 3.05) is 4.90 Å². The molecule has 43 heavy (non-hydrogen) atoms. The Kier molecular flexibility index (Phi) is 5.20. The van der Waals surface area contributed by atoms with Crippen LogP contribution in [-0.2, 0) is 0 Å². The lowest BCUT2D eigenvalue weighted by atomic mass is 10.0. The van der Waals surface area contributed by atoms with Crippen molar-refractivity contribution in [3.8, 4) is 11.1 Å². The van der Waals surface area contributed by atoms with Crippen LogP contribution in [0, 0.1) is 0 Å². The molecule has 0 radical (unpaired) electrons. The summed E-state index contributed by atoms with van der Waals surface area (Å²) in [6, 6.07) is 53.1. The molecule has 0 N–H and O–H groups in total. The van der Waals surface area contributed by atoms with Crippen LogP contribution in [0.4, 0.5) is 17.1 Å². The van der Waals surface area contributed by atoms with Crippen LogP contribution in [-0.4, -0.2) is 0 Å². The van der Waals surface area contributed by atoms with E-state index in [0.717, 1.165) is 72.1 Å². The molecule has 9 aromatic rings. The Hall–Kier alpha value is -5.80. The summed E-state index contributed by atoms with van der Waals surface area (Å²) in [6.45, 7) is 0. The van der Waals surface area contributed by atoms with Gasteiger partial charge in [-0.05, 0) is 58.8 Å². The predicted octanol–water partition coefficient (Wildman–Crippen LogP) is 11.8. The summed E-state index contributed by atoms with van der Waals surface area (Å²) in [6.07, 6.45) is 0. The van der Waals surface area contributed by atoms with Crippen molar-refractivity contribution in [3.05, 3.63) is 152 Å². The fraction of sp³-hybridized carbons (Fsp3) is 0. The Balaban J connectivity index is 1.30. The third-order valence-corrected chi connectivity index (χ3v) is 8.45. The average molecular weight is 552 g/mol. The van der Waals surface area contributed by atoms with E-state index < -0.39 is 0 Å². The van der Waals surface area contributed by atoms with Gasteiger partial charge in [-0.2, -0.15) is 0 Å². The van der Waals surface area contributed by atoms with Gasteiger partial charge < -0.3 is 13.7 Å². The number of benzene rings is 7. The van der Waals surface area contributed by atoms with E-state index in [9.17, 15) is 0 Å². The van der Waals surface area contributed by atoms with Crippen LogP contribution in [0.2, 0.25) is 0 Å². The summed E-state index contributed by atoms with van der Waals surface area (Å²) in [5.41, 5.74) is 8.89. The number of hydrogen-bond acceptors (Lipinski definition) is 3. The minimum Gasteiger partial charge on any atom is -0.456 e. The molecule has 9 rings (SSSR count). The molecule has 0 spiro atoms. The van der Waals surface area contributed by atoms with Crippen molar-refractivity contribution in [2.24, 2.45) is 0 Å². The number of nitrogens with zero attached hydrogens (tertiary/aromatic N) is 1. The number of fused-ring (bicyclic) bond motifs is 8. The second kappa shape index (κ2) is 9.37. The third kappa shape index (κ3) is 3.75. The zero-order valence-corrected chi connectivity index (χ0v) is 23.2. The summed E-state index contributed by atoms with van der Waals surface area (Å²) < 4.78 is 12.8. The van der Waals surface area contributed by atoms with Crippen LogP contribution in [0.5, 0.6) is 0 Å². The Morgan fingerprint density at radius 2 is 1.02 bits per heavy atom. The van der Waals surface area contributed by atoms with Gasteiger partial charge in [-0.15, -0.1) is 0 Å². The molecule has 0 amide bonds. The molecule has 3 heteroatoms. The molecule has 0 atom stereocenters. The fourth-order valence-electron chi connectivity index (χ4n) is 6.49.